The molecule has 8 nitrogen and oxygen atoms in total. The summed E-state index contributed by atoms with van der Waals surface area (Å²) in [4.78, 5) is 44.1. The first kappa shape index (κ1) is 26.5. The highest BCUT2D eigenvalue weighted by Gasteiger charge is 2.31. The number of aryl methyl sites for hydroxylation is 2. The number of phenols is 1. The number of carbonyl (C=O) groups is 3. The van der Waals surface area contributed by atoms with Crippen molar-refractivity contribution >= 4 is 28.6 Å². The number of nitrogens with two attached hydrogens (primary N) is 1. The first-order valence-electron chi connectivity index (χ1n) is 12.4. The molecule has 196 valence electrons. The lowest BCUT2D eigenvalue weighted by Gasteiger charge is -2.29. The topological polar surface area (TPSA) is 129 Å². The Labute approximate surface area is 221 Å². The average molecular weight is 513 g/mol. The Morgan fingerprint density at radius 1 is 0.974 bits per heavy atom. The smallest absolute Gasteiger partial charge is 0.254 e. The molecule has 0 saturated heterocycles. The Balaban J connectivity index is 1.61. The van der Waals surface area contributed by atoms with E-state index in [0.29, 0.717) is 5.56 Å². The number of nitrogens with one attached hydrogen (secondary N) is 2. The van der Waals surface area contributed by atoms with E-state index in [1.165, 1.54) is 17.0 Å². The highest BCUT2D eigenvalue weighted by atomic mass is 16.3. The van der Waals surface area contributed by atoms with Gasteiger partial charge in [0.25, 0.3) is 5.91 Å². The van der Waals surface area contributed by atoms with Gasteiger partial charge >= 0.3 is 0 Å². The summed E-state index contributed by atoms with van der Waals surface area (Å²) in [5.74, 6) is -1.39. The van der Waals surface area contributed by atoms with Crippen molar-refractivity contribution in [2.45, 2.75) is 38.8 Å². The van der Waals surface area contributed by atoms with Gasteiger partial charge in [0, 0.05) is 42.6 Å². The third kappa shape index (κ3) is 6.03. The minimum absolute atomic E-state index is 0.0990. The highest BCUT2D eigenvalue weighted by molar-refractivity contribution is 5.98. The van der Waals surface area contributed by atoms with E-state index in [-0.39, 0.29) is 24.5 Å². The van der Waals surface area contributed by atoms with Crippen molar-refractivity contribution in [1.82, 2.24) is 15.2 Å². The summed E-state index contributed by atoms with van der Waals surface area (Å²) in [7, 11) is 1.57. The van der Waals surface area contributed by atoms with Gasteiger partial charge in [0.15, 0.2) is 0 Å². The van der Waals surface area contributed by atoms with Crippen LogP contribution in [0.1, 0.15) is 32.6 Å². The highest BCUT2D eigenvalue weighted by Crippen LogP contribution is 2.20. The molecule has 0 unspecified atom stereocenters. The molecule has 3 aromatic carbocycles. The molecular weight excluding hydrogens is 480 g/mol. The number of benzene rings is 3. The number of aromatic nitrogens is 1. The fraction of sp³-hybridized carbons (Fsp3) is 0.233. The molecule has 0 aliphatic carbocycles. The fourth-order valence-corrected chi connectivity index (χ4v) is 4.72. The summed E-state index contributed by atoms with van der Waals surface area (Å²) in [6.45, 7) is 3.82. The monoisotopic (exact) mass is 512 g/mol. The minimum Gasteiger partial charge on any atom is -0.508 e. The number of amides is 3. The van der Waals surface area contributed by atoms with Crippen molar-refractivity contribution in [2.75, 3.05) is 7.05 Å². The van der Waals surface area contributed by atoms with E-state index < -0.39 is 23.9 Å². The standard InChI is InChI=1S/C30H32N4O4/c1-18-12-19(2)14-21(13-18)30(38)34(3)27(15-20-8-10-23(35)11-9-20)29(37)33-26(28(31)36)16-22-17-32-25-7-5-4-6-24(22)25/h4-14,17,26-27,32,35H,15-16H2,1-3H3,(H2,31,36)(H,33,37)/t26-,27+/m0/s1. The minimum atomic E-state index is -0.978. The van der Waals surface area contributed by atoms with E-state index in [1.807, 2.05) is 44.2 Å². The number of fused-ring (bicyclic) bond motifs is 1. The van der Waals surface area contributed by atoms with Crippen LogP contribution in [0.5, 0.6) is 5.75 Å². The van der Waals surface area contributed by atoms with Crippen molar-refractivity contribution < 1.29 is 19.5 Å². The lowest BCUT2D eigenvalue weighted by Crippen LogP contribution is -2.54. The maximum Gasteiger partial charge on any atom is 0.254 e. The van der Waals surface area contributed by atoms with Crippen LogP contribution in [0.25, 0.3) is 10.9 Å². The van der Waals surface area contributed by atoms with Crippen LogP contribution in [0.4, 0.5) is 0 Å². The number of rotatable bonds is 9. The van der Waals surface area contributed by atoms with Crippen molar-refractivity contribution in [3.63, 3.8) is 0 Å². The van der Waals surface area contributed by atoms with E-state index >= 15 is 0 Å². The molecule has 1 heterocycles. The summed E-state index contributed by atoms with van der Waals surface area (Å²) in [5, 5.41) is 13.4. The van der Waals surface area contributed by atoms with Crippen LogP contribution in [0.15, 0.2) is 72.9 Å². The van der Waals surface area contributed by atoms with Gasteiger partial charge < -0.3 is 26.0 Å². The van der Waals surface area contributed by atoms with Crippen molar-refractivity contribution in [3.8, 4) is 5.75 Å². The quantitative estimate of drug-likeness (QED) is 0.274. The zero-order valence-corrected chi connectivity index (χ0v) is 21.7. The third-order valence-electron chi connectivity index (χ3n) is 6.68. The van der Waals surface area contributed by atoms with E-state index in [4.69, 9.17) is 5.73 Å². The normalized spacial score (nSPS) is 12.6. The SMILES string of the molecule is Cc1cc(C)cc(C(=O)N(C)[C@H](Cc2ccc(O)cc2)C(=O)N[C@@H](Cc2c[nH]c3ccccc23)C(N)=O)c1. The summed E-state index contributed by atoms with van der Waals surface area (Å²) in [5.41, 5.74) is 10.6. The number of H-pyrrole nitrogens is 1. The van der Waals surface area contributed by atoms with Crippen LogP contribution in [0.3, 0.4) is 0 Å². The molecule has 1 aromatic heterocycles. The molecule has 4 aromatic rings. The Morgan fingerprint density at radius 3 is 2.29 bits per heavy atom. The second-order valence-corrected chi connectivity index (χ2v) is 9.71. The molecule has 8 heteroatoms. The van der Waals surface area contributed by atoms with Crippen molar-refractivity contribution in [1.29, 1.82) is 0 Å². The molecule has 0 saturated carbocycles. The molecule has 0 fully saturated rings. The number of aromatic amines is 1. The fourth-order valence-electron chi connectivity index (χ4n) is 4.72. The predicted octanol–water partition coefficient (Wildman–Crippen LogP) is 3.39. The van der Waals surface area contributed by atoms with E-state index in [9.17, 15) is 19.5 Å². The molecular formula is C30H32N4O4. The Kier molecular flexibility index (Phi) is 7.81. The second kappa shape index (κ2) is 11.2. The maximum absolute atomic E-state index is 13.7. The number of aromatic hydroxyl groups is 1. The van der Waals surface area contributed by atoms with Gasteiger partial charge in [-0.15, -0.1) is 0 Å². The van der Waals surface area contributed by atoms with Gasteiger partial charge in [0.1, 0.15) is 17.8 Å². The number of carbonyl (C=O) groups excluding carboxylic acids is 3. The number of hydrogen-bond acceptors (Lipinski definition) is 4. The largest absolute Gasteiger partial charge is 0.508 e. The molecule has 0 aliphatic rings. The molecule has 0 radical (unpaired) electrons. The van der Waals surface area contributed by atoms with E-state index in [1.54, 1.807) is 37.5 Å². The average Bonchev–Trinajstić information content (AvgIpc) is 3.29. The zero-order chi connectivity index (χ0) is 27.4. The predicted molar refractivity (Wildman–Crippen MR) is 147 cm³/mol. The van der Waals surface area contributed by atoms with Gasteiger partial charge in [-0.1, -0.05) is 47.5 Å². The third-order valence-corrected chi connectivity index (χ3v) is 6.68. The molecule has 0 spiro atoms. The number of likely N-dealkylation sites (N-methyl/N-ethyl adjacent to an activating group) is 1. The number of primary amides is 1. The Bertz CT molecular complexity index is 1460. The zero-order valence-electron chi connectivity index (χ0n) is 21.7. The number of phenolic OH excluding ortho intramolecular Hbond substituents is 1. The number of hydrogen-bond donors (Lipinski definition) is 4. The molecule has 0 aliphatic heterocycles. The molecule has 5 N–H and O–H groups in total. The molecule has 4 rings (SSSR count). The van der Waals surface area contributed by atoms with Gasteiger partial charge in [-0.25, -0.2) is 0 Å². The first-order chi connectivity index (χ1) is 18.1. The van der Waals surface area contributed by atoms with Crippen LogP contribution in [0, 0.1) is 13.8 Å². The second-order valence-electron chi connectivity index (χ2n) is 9.71. The van der Waals surface area contributed by atoms with Crippen LogP contribution in [-0.4, -0.2) is 51.8 Å². The Morgan fingerprint density at radius 2 is 1.63 bits per heavy atom. The Hall–Kier alpha value is -4.59. The van der Waals surface area contributed by atoms with Gasteiger partial charge in [-0.2, -0.15) is 0 Å². The number of nitrogens with zero attached hydrogens (tertiary/aromatic N) is 1. The van der Waals surface area contributed by atoms with Crippen LogP contribution in [-0.2, 0) is 22.4 Å². The lowest BCUT2D eigenvalue weighted by atomic mass is 10.00. The summed E-state index contributed by atoms with van der Waals surface area (Å²) in [6, 6.07) is 17.7. The summed E-state index contributed by atoms with van der Waals surface area (Å²) in [6.07, 6.45) is 2.18. The van der Waals surface area contributed by atoms with Crippen molar-refractivity contribution in [3.05, 3.63) is 101 Å². The van der Waals surface area contributed by atoms with Crippen LogP contribution in [0.2, 0.25) is 0 Å². The lowest BCUT2D eigenvalue weighted by molar-refractivity contribution is -0.130. The van der Waals surface area contributed by atoms with Crippen LogP contribution < -0.4 is 11.1 Å². The maximum atomic E-state index is 13.7. The van der Waals surface area contributed by atoms with Gasteiger partial charge in [-0.05, 0) is 55.3 Å². The van der Waals surface area contributed by atoms with Crippen molar-refractivity contribution in [2.24, 2.45) is 5.73 Å². The summed E-state index contributed by atoms with van der Waals surface area (Å²) >= 11 is 0. The van der Waals surface area contributed by atoms with Gasteiger partial charge in [-0.3, -0.25) is 14.4 Å². The first-order valence-corrected chi connectivity index (χ1v) is 12.4. The van der Waals surface area contributed by atoms with E-state index in [0.717, 1.165) is 33.2 Å². The molecule has 3 amide bonds. The van der Waals surface area contributed by atoms with Gasteiger partial charge in [0.05, 0.1) is 0 Å². The summed E-state index contributed by atoms with van der Waals surface area (Å²) < 4.78 is 0. The molecule has 38 heavy (non-hydrogen) atoms. The molecule has 0 bridgehead atoms. The van der Waals surface area contributed by atoms with Gasteiger partial charge in [0.2, 0.25) is 11.8 Å². The number of para-hydroxylation sites is 1. The molecule has 2 atom stereocenters. The van der Waals surface area contributed by atoms with Crippen LogP contribution >= 0.6 is 0 Å². The van der Waals surface area contributed by atoms with E-state index in [2.05, 4.69) is 10.3 Å².